The Hall–Kier alpha value is -2.19. The number of nitrogens with zero attached hydrogens (tertiary/aromatic N) is 1. The van der Waals surface area contributed by atoms with E-state index >= 15 is 0 Å². The summed E-state index contributed by atoms with van der Waals surface area (Å²) in [5.74, 6) is 1.56. The van der Waals surface area contributed by atoms with Gasteiger partial charge in [0, 0.05) is 37.3 Å². The molecule has 0 bridgehead atoms. The second-order valence-corrected chi connectivity index (χ2v) is 9.50. The molecule has 0 saturated heterocycles. The lowest BCUT2D eigenvalue weighted by molar-refractivity contribution is -0.122. The summed E-state index contributed by atoms with van der Waals surface area (Å²) < 4.78 is 32.5. The van der Waals surface area contributed by atoms with Gasteiger partial charge in [-0.1, -0.05) is 13.8 Å². The van der Waals surface area contributed by atoms with E-state index in [2.05, 4.69) is 28.9 Å². The SMILES string of the molecule is Cc1cc2c(o1)CC(C)(C)C[C@@H]2NC(=O)CCNS(=O)(=O)c1cccnc1. The predicted octanol–water partition coefficient (Wildman–Crippen LogP) is 2.48. The van der Waals surface area contributed by atoms with Crippen molar-refractivity contribution in [3.05, 3.63) is 47.7 Å². The maximum atomic E-state index is 12.4. The van der Waals surface area contributed by atoms with Gasteiger partial charge < -0.3 is 9.73 Å². The molecule has 0 fully saturated rings. The number of fused-ring (bicyclic) bond motifs is 1. The summed E-state index contributed by atoms with van der Waals surface area (Å²) in [4.78, 5) is 16.3. The Bertz CT molecular complexity index is 920. The molecule has 0 spiro atoms. The first-order valence-corrected chi connectivity index (χ1v) is 10.4. The molecule has 0 unspecified atom stereocenters. The van der Waals surface area contributed by atoms with Crippen LogP contribution in [0.5, 0.6) is 0 Å². The standard InChI is InChI=1S/C19H25N3O4S/c1-13-9-15-16(10-19(2,3)11-17(15)26-13)22-18(23)6-8-21-27(24,25)14-5-4-7-20-12-14/h4-5,7,9,12,16,21H,6,8,10-11H2,1-3H3,(H,22,23)/t16-/m0/s1. The number of aryl methyl sites for hydroxylation is 1. The van der Waals surface area contributed by atoms with Crippen LogP contribution in [0.4, 0.5) is 0 Å². The zero-order valence-corrected chi connectivity index (χ0v) is 16.6. The molecule has 1 atom stereocenters. The first kappa shape index (κ1) is 19.6. The average Bonchev–Trinajstić information content (AvgIpc) is 2.94. The third-order valence-electron chi connectivity index (χ3n) is 4.66. The summed E-state index contributed by atoms with van der Waals surface area (Å²) in [6.07, 6.45) is 4.49. The number of hydrogen-bond acceptors (Lipinski definition) is 5. The van der Waals surface area contributed by atoms with Gasteiger partial charge in [-0.25, -0.2) is 13.1 Å². The van der Waals surface area contributed by atoms with Gasteiger partial charge in [0.05, 0.1) is 6.04 Å². The minimum Gasteiger partial charge on any atom is -0.466 e. The van der Waals surface area contributed by atoms with Crippen LogP contribution in [-0.2, 0) is 21.2 Å². The molecule has 2 N–H and O–H groups in total. The van der Waals surface area contributed by atoms with E-state index in [-0.39, 0.29) is 35.2 Å². The topological polar surface area (TPSA) is 101 Å². The zero-order chi connectivity index (χ0) is 19.7. The van der Waals surface area contributed by atoms with Gasteiger partial charge in [0.15, 0.2) is 0 Å². The van der Waals surface area contributed by atoms with E-state index in [0.29, 0.717) is 0 Å². The van der Waals surface area contributed by atoms with E-state index in [1.165, 1.54) is 18.5 Å². The highest BCUT2D eigenvalue weighted by Crippen LogP contribution is 2.41. The normalized spacial score (nSPS) is 18.7. The third-order valence-corrected chi connectivity index (χ3v) is 6.11. The fourth-order valence-electron chi connectivity index (χ4n) is 3.47. The van der Waals surface area contributed by atoms with Crippen LogP contribution in [0.1, 0.15) is 49.8 Å². The highest BCUT2D eigenvalue weighted by atomic mass is 32.2. The van der Waals surface area contributed by atoms with Crippen LogP contribution in [0.25, 0.3) is 0 Å². The molecule has 0 aliphatic heterocycles. The van der Waals surface area contributed by atoms with Crippen molar-refractivity contribution in [2.75, 3.05) is 6.54 Å². The maximum Gasteiger partial charge on any atom is 0.242 e. The second-order valence-electron chi connectivity index (χ2n) is 7.74. The van der Waals surface area contributed by atoms with Crippen molar-refractivity contribution in [2.24, 2.45) is 5.41 Å². The number of amides is 1. The van der Waals surface area contributed by atoms with Gasteiger partial charge in [-0.15, -0.1) is 0 Å². The molecule has 8 heteroatoms. The van der Waals surface area contributed by atoms with Gasteiger partial charge in [-0.3, -0.25) is 9.78 Å². The number of nitrogens with one attached hydrogen (secondary N) is 2. The number of pyridine rings is 1. The molecule has 27 heavy (non-hydrogen) atoms. The number of carbonyl (C=O) groups excluding carboxylic acids is 1. The Morgan fingerprint density at radius 1 is 1.41 bits per heavy atom. The van der Waals surface area contributed by atoms with Crippen LogP contribution >= 0.6 is 0 Å². The molecule has 2 heterocycles. The molecule has 0 radical (unpaired) electrons. The minimum absolute atomic E-state index is 0.0243. The molecular weight excluding hydrogens is 366 g/mol. The van der Waals surface area contributed by atoms with E-state index in [4.69, 9.17) is 4.42 Å². The van der Waals surface area contributed by atoms with E-state index in [0.717, 1.165) is 29.9 Å². The Labute approximate surface area is 159 Å². The molecule has 0 saturated carbocycles. The quantitative estimate of drug-likeness (QED) is 0.788. The third kappa shape index (κ3) is 4.75. The molecule has 3 rings (SSSR count). The monoisotopic (exact) mass is 391 g/mol. The summed E-state index contributed by atoms with van der Waals surface area (Å²) in [6, 6.07) is 4.86. The predicted molar refractivity (Wildman–Crippen MR) is 100 cm³/mol. The second kappa shape index (κ2) is 7.44. The Balaban J connectivity index is 1.58. The number of furan rings is 1. The van der Waals surface area contributed by atoms with Crippen molar-refractivity contribution in [2.45, 2.75) is 51.0 Å². The molecule has 146 valence electrons. The molecule has 7 nitrogen and oxygen atoms in total. The van der Waals surface area contributed by atoms with Crippen LogP contribution in [0, 0.1) is 12.3 Å². The summed E-state index contributed by atoms with van der Waals surface area (Å²) in [5.41, 5.74) is 1.05. The number of sulfonamides is 1. The summed E-state index contributed by atoms with van der Waals surface area (Å²) >= 11 is 0. The fraction of sp³-hybridized carbons (Fsp3) is 0.474. The molecule has 2 aromatic heterocycles. The van der Waals surface area contributed by atoms with Crippen LogP contribution in [0.2, 0.25) is 0 Å². The summed E-state index contributed by atoms with van der Waals surface area (Å²) in [6.45, 7) is 6.22. The van der Waals surface area contributed by atoms with Crippen LogP contribution in [-0.4, -0.2) is 25.9 Å². The van der Waals surface area contributed by atoms with E-state index < -0.39 is 10.0 Å². The number of aromatic nitrogens is 1. The smallest absolute Gasteiger partial charge is 0.242 e. The zero-order valence-electron chi connectivity index (χ0n) is 15.8. The largest absolute Gasteiger partial charge is 0.466 e. The van der Waals surface area contributed by atoms with Gasteiger partial charge in [-0.05, 0) is 37.0 Å². The number of rotatable bonds is 6. The van der Waals surface area contributed by atoms with Crippen LogP contribution in [0.15, 0.2) is 39.9 Å². The number of hydrogen-bond donors (Lipinski definition) is 2. The lowest BCUT2D eigenvalue weighted by Crippen LogP contribution is -2.37. The van der Waals surface area contributed by atoms with Crippen molar-refractivity contribution in [3.8, 4) is 0 Å². The Morgan fingerprint density at radius 2 is 2.19 bits per heavy atom. The van der Waals surface area contributed by atoms with Crippen molar-refractivity contribution >= 4 is 15.9 Å². The van der Waals surface area contributed by atoms with Crippen molar-refractivity contribution < 1.29 is 17.6 Å². The molecule has 1 aliphatic rings. The summed E-state index contributed by atoms with van der Waals surface area (Å²) in [7, 11) is -3.66. The van der Waals surface area contributed by atoms with Crippen molar-refractivity contribution in [1.29, 1.82) is 0 Å². The molecule has 0 aromatic carbocycles. The van der Waals surface area contributed by atoms with Gasteiger partial charge in [-0.2, -0.15) is 0 Å². The molecule has 1 amide bonds. The first-order chi connectivity index (χ1) is 12.7. The average molecular weight is 391 g/mol. The minimum atomic E-state index is -3.66. The van der Waals surface area contributed by atoms with Crippen LogP contribution < -0.4 is 10.0 Å². The van der Waals surface area contributed by atoms with Crippen molar-refractivity contribution in [1.82, 2.24) is 15.0 Å². The Morgan fingerprint density at radius 3 is 2.89 bits per heavy atom. The fourth-order valence-corrected chi connectivity index (χ4v) is 4.46. The van der Waals surface area contributed by atoms with Crippen LogP contribution in [0.3, 0.4) is 0 Å². The highest BCUT2D eigenvalue weighted by molar-refractivity contribution is 7.89. The first-order valence-electron chi connectivity index (χ1n) is 8.95. The Kier molecular flexibility index (Phi) is 5.39. The highest BCUT2D eigenvalue weighted by Gasteiger charge is 2.35. The van der Waals surface area contributed by atoms with Gasteiger partial charge in [0.1, 0.15) is 16.4 Å². The van der Waals surface area contributed by atoms with E-state index in [1.807, 2.05) is 13.0 Å². The van der Waals surface area contributed by atoms with E-state index in [1.54, 1.807) is 6.07 Å². The van der Waals surface area contributed by atoms with Crippen molar-refractivity contribution in [3.63, 3.8) is 0 Å². The molecule has 1 aliphatic carbocycles. The summed E-state index contributed by atoms with van der Waals surface area (Å²) in [5, 5.41) is 3.02. The van der Waals surface area contributed by atoms with Gasteiger partial charge in [0.25, 0.3) is 0 Å². The maximum absolute atomic E-state index is 12.4. The van der Waals surface area contributed by atoms with E-state index in [9.17, 15) is 13.2 Å². The lowest BCUT2D eigenvalue weighted by Gasteiger charge is -2.34. The van der Waals surface area contributed by atoms with Gasteiger partial charge >= 0.3 is 0 Å². The lowest BCUT2D eigenvalue weighted by atomic mass is 9.74. The molecule has 2 aromatic rings. The number of carbonyl (C=O) groups is 1. The van der Waals surface area contributed by atoms with Gasteiger partial charge in [0.2, 0.25) is 15.9 Å². The molecular formula is C19H25N3O4S.